The van der Waals surface area contributed by atoms with Crippen LogP contribution in [0.4, 0.5) is 0 Å². The Balaban J connectivity index is 0. The van der Waals surface area contributed by atoms with Gasteiger partial charge in [0.1, 0.15) is 12.8 Å². The molecule has 0 aliphatic carbocycles. The summed E-state index contributed by atoms with van der Waals surface area (Å²) in [6, 6.07) is 0. The minimum absolute atomic E-state index is 0.139. The van der Waals surface area contributed by atoms with E-state index in [1.54, 1.807) is 17.7 Å². The molecule has 1 fully saturated rings. The second kappa shape index (κ2) is 16.6. The number of hydrogen-bond donors (Lipinski definition) is 4. The molecule has 158 valence electrons. The van der Waals surface area contributed by atoms with Gasteiger partial charge in [-0.1, -0.05) is 20.3 Å². The number of aromatic nitrogens is 2. The van der Waals surface area contributed by atoms with Gasteiger partial charge in [-0.2, -0.15) is 0 Å². The van der Waals surface area contributed by atoms with Crippen LogP contribution in [-0.2, 0) is 14.3 Å². The SMILES string of the molecule is CCC.CO.CO.Cc1cn(C2CCC(COC(=O)CN)O2)c(=S)[nH]c1=O. The van der Waals surface area contributed by atoms with Crippen LogP contribution >= 0.6 is 12.2 Å². The van der Waals surface area contributed by atoms with Crippen molar-refractivity contribution in [1.29, 1.82) is 0 Å². The smallest absolute Gasteiger partial charge is 0.319 e. The van der Waals surface area contributed by atoms with E-state index < -0.39 is 5.97 Å². The highest BCUT2D eigenvalue weighted by atomic mass is 32.1. The Morgan fingerprint density at radius 3 is 2.44 bits per heavy atom. The quantitative estimate of drug-likeness (QED) is 0.428. The molecule has 2 heterocycles. The van der Waals surface area contributed by atoms with Crippen LogP contribution in [0.25, 0.3) is 0 Å². The van der Waals surface area contributed by atoms with Crippen molar-refractivity contribution in [2.75, 3.05) is 27.4 Å². The summed E-state index contributed by atoms with van der Waals surface area (Å²) < 4.78 is 12.8. The zero-order valence-electron chi connectivity index (χ0n) is 16.7. The summed E-state index contributed by atoms with van der Waals surface area (Å²) >= 11 is 5.12. The van der Waals surface area contributed by atoms with E-state index in [1.807, 2.05) is 0 Å². The van der Waals surface area contributed by atoms with Crippen molar-refractivity contribution >= 4 is 18.2 Å². The van der Waals surface area contributed by atoms with Crippen LogP contribution in [0.15, 0.2) is 11.0 Å². The van der Waals surface area contributed by atoms with E-state index in [0.29, 0.717) is 10.3 Å². The number of H-pyrrole nitrogens is 1. The molecule has 2 atom stereocenters. The van der Waals surface area contributed by atoms with Crippen LogP contribution in [0.1, 0.15) is 44.9 Å². The fourth-order valence-electron chi connectivity index (χ4n) is 2.06. The summed E-state index contributed by atoms with van der Waals surface area (Å²) in [5.41, 5.74) is 5.53. The van der Waals surface area contributed by atoms with Crippen LogP contribution in [0.3, 0.4) is 0 Å². The Morgan fingerprint density at radius 1 is 1.37 bits per heavy atom. The largest absolute Gasteiger partial charge is 0.462 e. The zero-order chi connectivity index (χ0) is 21.4. The van der Waals surface area contributed by atoms with Crippen LogP contribution < -0.4 is 11.3 Å². The van der Waals surface area contributed by atoms with Gasteiger partial charge >= 0.3 is 5.97 Å². The molecule has 0 spiro atoms. The predicted molar refractivity (Wildman–Crippen MR) is 106 cm³/mol. The average Bonchev–Trinajstić information content (AvgIpc) is 3.15. The molecule has 10 heteroatoms. The van der Waals surface area contributed by atoms with E-state index in [-0.39, 0.29) is 31.0 Å². The first-order chi connectivity index (χ1) is 12.9. The standard InChI is InChI=1S/C12H17N3O4S.C3H8.2CH4O/c1-7-5-15(12(20)14-11(7)17)9-3-2-8(19-9)6-18-10(16)4-13;1-3-2;2*1-2/h5,8-9H,2-4,6,13H2,1H3,(H,14,17,20);3H2,1-2H3;2*2H,1H3. The van der Waals surface area contributed by atoms with Crippen LogP contribution in [0, 0.1) is 11.7 Å². The van der Waals surface area contributed by atoms with Gasteiger partial charge in [0.2, 0.25) is 0 Å². The summed E-state index contributed by atoms with van der Waals surface area (Å²) in [4.78, 5) is 25.0. The van der Waals surface area contributed by atoms with E-state index >= 15 is 0 Å². The van der Waals surface area contributed by atoms with Gasteiger partial charge in [-0.3, -0.25) is 19.1 Å². The van der Waals surface area contributed by atoms with Crippen molar-refractivity contribution in [2.45, 2.75) is 52.4 Å². The van der Waals surface area contributed by atoms with Gasteiger partial charge in [-0.15, -0.1) is 0 Å². The van der Waals surface area contributed by atoms with Gasteiger partial charge in [0.25, 0.3) is 5.56 Å². The van der Waals surface area contributed by atoms with E-state index in [4.69, 9.17) is 37.6 Å². The number of nitrogens with two attached hydrogens (primary N) is 1. The summed E-state index contributed by atoms with van der Waals surface area (Å²) in [6.45, 7) is 6.00. The number of rotatable bonds is 4. The number of hydrogen-bond acceptors (Lipinski definition) is 8. The number of nitrogens with zero attached hydrogens (tertiary/aromatic N) is 1. The average molecular weight is 408 g/mol. The molecule has 1 aromatic rings. The third-order valence-electron chi connectivity index (χ3n) is 3.14. The molecule has 1 saturated heterocycles. The predicted octanol–water partition coefficient (Wildman–Crippen LogP) is 1.03. The van der Waals surface area contributed by atoms with Crippen LogP contribution in [0.2, 0.25) is 0 Å². The summed E-state index contributed by atoms with van der Waals surface area (Å²) in [7, 11) is 2.00. The van der Waals surface area contributed by atoms with Gasteiger partial charge < -0.3 is 25.4 Å². The summed E-state index contributed by atoms with van der Waals surface area (Å²) in [5.74, 6) is -0.450. The van der Waals surface area contributed by atoms with E-state index in [9.17, 15) is 9.59 Å². The molecule has 2 rings (SSSR count). The monoisotopic (exact) mass is 407 g/mol. The molecule has 1 aliphatic heterocycles. The molecule has 0 amide bonds. The molecule has 27 heavy (non-hydrogen) atoms. The Labute approximate surface area is 165 Å². The molecule has 1 aromatic heterocycles. The third-order valence-corrected chi connectivity index (χ3v) is 3.45. The first-order valence-corrected chi connectivity index (χ1v) is 9.06. The lowest BCUT2D eigenvalue weighted by Crippen LogP contribution is -2.24. The second-order valence-corrected chi connectivity index (χ2v) is 5.75. The molecule has 5 N–H and O–H groups in total. The minimum atomic E-state index is -0.450. The summed E-state index contributed by atoms with van der Waals surface area (Å²) in [6.07, 6.45) is 4.00. The van der Waals surface area contributed by atoms with Gasteiger partial charge in [0, 0.05) is 26.0 Å². The van der Waals surface area contributed by atoms with E-state index in [2.05, 4.69) is 18.8 Å². The lowest BCUT2D eigenvalue weighted by Gasteiger charge is -2.17. The number of aryl methyl sites for hydroxylation is 1. The first kappa shape index (κ1) is 27.6. The lowest BCUT2D eigenvalue weighted by molar-refractivity contribution is -0.146. The highest BCUT2D eigenvalue weighted by molar-refractivity contribution is 7.71. The Bertz CT molecular complexity index is 632. The van der Waals surface area contributed by atoms with Crippen molar-refractivity contribution in [3.63, 3.8) is 0 Å². The molecular formula is C17H33N3O6S. The van der Waals surface area contributed by atoms with E-state index in [0.717, 1.165) is 27.1 Å². The fraction of sp³-hybridized carbons (Fsp3) is 0.706. The normalized spacial score (nSPS) is 17.3. The number of nitrogens with one attached hydrogen (secondary N) is 1. The number of aliphatic hydroxyl groups is 2. The number of aromatic amines is 1. The van der Waals surface area contributed by atoms with Crippen LogP contribution in [-0.4, -0.2) is 59.2 Å². The van der Waals surface area contributed by atoms with Crippen molar-refractivity contribution in [1.82, 2.24) is 9.55 Å². The number of ether oxygens (including phenoxy) is 2. The molecule has 0 saturated carbocycles. The zero-order valence-corrected chi connectivity index (χ0v) is 17.5. The highest BCUT2D eigenvalue weighted by Crippen LogP contribution is 2.28. The topological polar surface area (TPSA) is 140 Å². The van der Waals surface area contributed by atoms with Gasteiger partial charge in [0.15, 0.2) is 4.77 Å². The second-order valence-electron chi connectivity index (χ2n) is 5.36. The molecule has 0 radical (unpaired) electrons. The maximum atomic E-state index is 11.4. The Morgan fingerprint density at radius 2 is 1.93 bits per heavy atom. The molecule has 2 unspecified atom stereocenters. The fourth-order valence-corrected chi connectivity index (χ4v) is 2.32. The summed E-state index contributed by atoms with van der Waals surface area (Å²) in [5, 5.41) is 14.0. The third kappa shape index (κ3) is 10.4. The number of carbonyl (C=O) groups is 1. The van der Waals surface area contributed by atoms with Crippen molar-refractivity contribution < 1.29 is 24.5 Å². The maximum Gasteiger partial charge on any atom is 0.319 e. The molecular weight excluding hydrogens is 374 g/mol. The first-order valence-electron chi connectivity index (χ1n) is 8.65. The highest BCUT2D eigenvalue weighted by Gasteiger charge is 2.27. The van der Waals surface area contributed by atoms with Crippen molar-refractivity contribution in [3.8, 4) is 0 Å². The van der Waals surface area contributed by atoms with Gasteiger partial charge in [0.05, 0.1) is 12.6 Å². The van der Waals surface area contributed by atoms with Crippen molar-refractivity contribution in [2.24, 2.45) is 5.73 Å². The number of aliphatic hydroxyl groups excluding tert-OH is 2. The van der Waals surface area contributed by atoms with Gasteiger partial charge in [-0.05, 0) is 32.0 Å². The Hall–Kier alpha value is -1.59. The Kier molecular flexibility index (Phi) is 17.0. The minimum Gasteiger partial charge on any atom is -0.462 e. The molecule has 1 aliphatic rings. The number of carbonyl (C=O) groups excluding carboxylic acids is 1. The molecule has 0 aromatic carbocycles. The van der Waals surface area contributed by atoms with Gasteiger partial charge in [-0.25, -0.2) is 0 Å². The van der Waals surface area contributed by atoms with Crippen molar-refractivity contribution in [3.05, 3.63) is 26.9 Å². The van der Waals surface area contributed by atoms with Crippen LogP contribution in [0.5, 0.6) is 0 Å². The lowest BCUT2D eigenvalue weighted by atomic mass is 10.2. The maximum absolute atomic E-state index is 11.4. The number of esters is 1. The molecule has 0 bridgehead atoms. The molecule has 9 nitrogen and oxygen atoms in total. The van der Waals surface area contributed by atoms with E-state index in [1.165, 1.54) is 6.42 Å².